The van der Waals surface area contributed by atoms with Crippen molar-refractivity contribution in [3.63, 3.8) is 0 Å². The second kappa shape index (κ2) is 8.88. The first-order valence-electron chi connectivity index (χ1n) is 8.52. The van der Waals surface area contributed by atoms with E-state index in [4.69, 9.17) is 0 Å². The average Bonchev–Trinajstić information content (AvgIpc) is 2.61. The van der Waals surface area contributed by atoms with Crippen LogP contribution in [0.1, 0.15) is 21.5 Å². The maximum Gasteiger partial charge on any atom is 0.416 e. The Morgan fingerprint density at radius 3 is 2.00 bits per heavy atom. The van der Waals surface area contributed by atoms with E-state index in [0.29, 0.717) is 23.4 Å². The van der Waals surface area contributed by atoms with Crippen molar-refractivity contribution >= 4 is 17.5 Å². The molecule has 2 amide bonds. The number of hydrogen-bond acceptors (Lipinski definition) is 3. The lowest BCUT2D eigenvalue weighted by molar-refractivity contribution is -0.137. The van der Waals surface area contributed by atoms with Gasteiger partial charge in [-0.05, 0) is 49.0 Å². The third-order valence-corrected chi connectivity index (χ3v) is 3.97. The van der Waals surface area contributed by atoms with E-state index in [1.807, 2.05) is 0 Å². The summed E-state index contributed by atoms with van der Waals surface area (Å²) >= 11 is 0. The molecule has 5 nitrogen and oxygen atoms in total. The molecule has 0 aliphatic rings. The van der Waals surface area contributed by atoms with E-state index in [9.17, 15) is 22.8 Å². The second-order valence-electron chi connectivity index (χ2n) is 6.69. The van der Waals surface area contributed by atoms with Gasteiger partial charge >= 0.3 is 6.18 Å². The second-order valence-corrected chi connectivity index (χ2v) is 6.69. The summed E-state index contributed by atoms with van der Waals surface area (Å²) in [6, 6.07) is 11.4. The Kier molecular flexibility index (Phi) is 6.80. The highest BCUT2D eigenvalue weighted by molar-refractivity contribution is 5.95. The number of benzene rings is 2. The summed E-state index contributed by atoms with van der Waals surface area (Å²) in [7, 11) is 5.02. The molecule has 1 N–H and O–H groups in total. The SMILES string of the molecule is CN(CC(=O)Nc1ccc(C(=O)N(C)C)cc1)Cc1ccc(C(F)(F)F)cc1. The molecule has 0 spiro atoms. The molecule has 2 rings (SSSR count). The number of carbonyl (C=O) groups is 2. The van der Waals surface area contributed by atoms with Gasteiger partial charge in [-0.1, -0.05) is 12.1 Å². The zero-order valence-electron chi connectivity index (χ0n) is 15.9. The molecule has 0 saturated heterocycles. The number of rotatable bonds is 6. The van der Waals surface area contributed by atoms with Gasteiger partial charge in [0.1, 0.15) is 0 Å². The monoisotopic (exact) mass is 393 g/mol. The molecule has 0 aromatic heterocycles. The van der Waals surface area contributed by atoms with Crippen LogP contribution in [0.5, 0.6) is 0 Å². The first-order valence-corrected chi connectivity index (χ1v) is 8.52. The van der Waals surface area contributed by atoms with Crippen LogP contribution >= 0.6 is 0 Å². The predicted octanol–water partition coefficient (Wildman–Crippen LogP) is 3.48. The Bertz CT molecular complexity index is 816. The quantitative estimate of drug-likeness (QED) is 0.818. The first kappa shape index (κ1) is 21.4. The maximum atomic E-state index is 12.6. The zero-order valence-corrected chi connectivity index (χ0v) is 15.9. The van der Waals surface area contributed by atoms with E-state index in [0.717, 1.165) is 12.1 Å². The van der Waals surface area contributed by atoms with Crippen LogP contribution in [0, 0.1) is 0 Å². The standard InChI is InChI=1S/C20H22F3N3O2/c1-25(2)19(28)15-6-10-17(11-7-15)24-18(27)13-26(3)12-14-4-8-16(9-5-14)20(21,22)23/h4-11H,12-13H2,1-3H3,(H,24,27). The van der Waals surface area contributed by atoms with E-state index >= 15 is 0 Å². The van der Waals surface area contributed by atoms with E-state index in [1.165, 1.54) is 17.0 Å². The van der Waals surface area contributed by atoms with Crippen molar-refractivity contribution in [2.45, 2.75) is 12.7 Å². The van der Waals surface area contributed by atoms with E-state index in [2.05, 4.69) is 5.32 Å². The third kappa shape index (κ3) is 6.09. The first-order chi connectivity index (χ1) is 13.1. The molecule has 0 aliphatic carbocycles. The summed E-state index contributed by atoms with van der Waals surface area (Å²) in [5.74, 6) is -0.393. The van der Waals surface area contributed by atoms with Crippen molar-refractivity contribution in [3.05, 3.63) is 65.2 Å². The van der Waals surface area contributed by atoms with Gasteiger partial charge in [-0.3, -0.25) is 14.5 Å². The van der Waals surface area contributed by atoms with Crippen LogP contribution in [0.4, 0.5) is 18.9 Å². The highest BCUT2D eigenvalue weighted by Crippen LogP contribution is 2.29. The van der Waals surface area contributed by atoms with Crippen molar-refractivity contribution in [3.8, 4) is 0 Å². The molecule has 2 aromatic rings. The van der Waals surface area contributed by atoms with E-state index in [-0.39, 0.29) is 18.4 Å². The van der Waals surface area contributed by atoms with Gasteiger partial charge in [-0.25, -0.2) is 0 Å². The summed E-state index contributed by atoms with van der Waals surface area (Å²) in [5.41, 5.74) is 1.05. The Morgan fingerprint density at radius 2 is 1.50 bits per heavy atom. The number of carbonyl (C=O) groups excluding carboxylic acids is 2. The molecule has 0 radical (unpaired) electrons. The van der Waals surface area contributed by atoms with Gasteiger partial charge in [0.25, 0.3) is 5.91 Å². The number of halogens is 3. The van der Waals surface area contributed by atoms with Gasteiger partial charge in [0.2, 0.25) is 5.91 Å². The molecule has 0 unspecified atom stereocenters. The third-order valence-electron chi connectivity index (χ3n) is 3.97. The van der Waals surface area contributed by atoms with Gasteiger partial charge in [0.05, 0.1) is 12.1 Å². The fourth-order valence-electron chi connectivity index (χ4n) is 2.57. The molecule has 0 heterocycles. The Hall–Kier alpha value is -2.87. The highest BCUT2D eigenvalue weighted by atomic mass is 19.4. The number of amides is 2. The zero-order chi connectivity index (χ0) is 20.9. The number of nitrogens with one attached hydrogen (secondary N) is 1. The lowest BCUT2D eigenvalue weighted by atomic mass is 10.1. The largest absolute Gasteiger partial charge is 0.416 e. The van der Waals surface area contributed by atoms with Crippen LogP contribution in [0.2, 0.25) is 0 Å². The molecule has 0 fully saturated rings. The van der Waals surface area contributed by atoms with Crippen LogP contribution < -0.4 is 5.32 Å². The lowest BCUT2D eigenvalue weighted by Gasteiger charge is -2.17. The maximum absolute atomic E-state index is 12.6. The molecule has 150 valence electrons. The van der Waals surface area contributed by atoms with Gasteiger partial charge in [-0.15, -0.1) is 0 Å². The van der Waals surface area contributed by atoms with Crippen molar-refractivity contribution in [1.29, 1.82) is 0 Å². The summed E-state index contributed by atoms with van der Waals surface area (Å²) < 4.78 is 37.8. The molecule has 2 aromatic carbocycles. The smallest absolute Gasteiger partial charge is 0.345 e. The van der Waals surface area contributed by atoms with Crippen LogP contribution in [0.15, 0.2) is 48.5 Å². The molecule has 28 heavy (non-hydrogen) atoms. The topological polar surface area (TPSA) is 52.7 Å². The van der Waals surface area contributed by atoms with Crippen molar-refractivity contribution in [2.24, 2.45) is 0 Å². The van der Waals surface area contributed by atoms with Gasteiger partial charge in [0, 0.05) is 31.9 Å². The lowest BCUT2D eigenvalue weighted by Crippen LogP contribution is -2.29. The minimum Gasteiger partial charge on any atom is -0.345 e. The average molecular weight is 393 g/mol. The van der Waals surface area contributed by atoms with Crippen molar-refractivity contribution in [1.82, 2.24) is 9.80 Å². The molecule has 0 saturated carbocycles. The summed E-state index contributed by atoms with van der Waals surface area (Å²) in [6.07, 6.45) is -4.36. The molecule has 0 bridgehead atoms. The highest BCUT2D eigenvalue weighted by Gasteiger charge is 2.29. The summed E-state index contributed by atoms with van der Waals surface area (Å²) in [4.78, 5) is 27.1. The summed E-state index contributed by atoms with van der Waals surface area (Å²) in [6.45, 7) is 0.404. The number of hydrogen-bond donors (Lipinski definition) is 1. The number of alkyl halides is 3. The van der Waals surface area contributed by atoms with E-state index in [1.54, 1.807) is 50.3 Å². The number of nitrogens with zero attached hydrogens (tertiary/aromatic N) is 2. The predicted molar refractivity (Wildman–Crippen MR) is 101 cm³/mol. The van der Waals surface area contributed by atoms with Crippen LogP contribution in [0.25, 0.3) is 0 Å². The minimum absolute atomic E-state index is 0.0689. The minimum atomic E-state index is -4.36. The normalized spacial score (nSPS) is 11.4. The van der Waals surface area contributed by atoms with Crippen molar-refractivity contribution < 1.29 is 22.8 Å². The molecule has 0 aliphatic heterocycles. The number of likely N-dealkylation sites (N-methyl/N-ethyl adjacent to an activating group) is 1. The molecule has 0 atom stereocenters. The van der Waals surface area contributed by atoms with Crippen LogP contribution in [-0.2, 0) is 17.5 Å². The fraction of sp³-hybridized carbons (Fsp3) is 0.300. The Balaban J connectivity index is 1.88. The Morgan fingerprint density at radius 1 is 0.929 bits per heavy atom. The number of anilines is 1. The van der Waals surface area contributed by atoms with Crippen molar-refractivity contribution in [2.75, 3.05) is 33.0 Å². The van der Waals surface area contributed by atoms with Crippen LogP contribution in [0.3, 0.4) is 0 Å². The molecular weight excluding hydrogens is 371 g/mol. The Labute approximate surface area is 161 Å². The molecule has 8 heteroatoms. The van der Waals surface area contributed by atoms with Gasteiger partial charge < -0.3 is 10.2 Å². The van der Waals surface area contributed by atoms with Gasteiger partial charge in [0.15, 0.2) is 0 Å². The van der Waals surface area contributed by atoms with Crippen LogP contribution in [-0.4, -0.2) is 49.3 Å². The van der Waals surface area contributed by atoms with E-state index < -0.39 is 11.7 Å². The van der Waals surface area contributed by atoms with Gasteiger partial charge in [-0.2, -0.15) is 13.2 Å². The fourth-order valence-corrected chi connectivity index (χ4v) is 2.57. The molecular formula is C20H22F3N3O2. The summed E-state index contributed by atoms with van der Waals surface area (Å²) in [5, 5.41) is 2.73.